The van der Waals surface area contributed by atoms with Crippen molar-refractivity contribution in [3.05, 3.63) is 84.2 Å². The van der Waals surface area contributed by atoms with Crippen molar-refractivity contribution in [1.29, 1.82) is 0 Å². The van der Waals surface area contributed by atoms with Crippen LogP contribution in [0.3, 0.4) is 0 Å². The van der Waals surface area contributed by atoms with Gasteiger partial charge in [0.2, 0.25) is 0 Å². The van der Waals surface area contributed by atoms with E-state index in [2.05, 4.69) is 15.1 Å². The summed E-state index contributed by atoms with van der Waals surface area (Å²) in [5.41, 5.74) is 2.26. The number of para-hydroxylation sites is 1. The predicted octanol–water partition coefficient (Wildman–Crippen LogP) is 3.06. The Hall–Kier alpha value is -3.80. The lowest BCUT2D eigenvalue weighted by Gasteiger charge is -2.09. The van der Waals surface area contributed by atoms with Gasteiger partial charge in [0.1, 0.15) is 16.6 Å². The maximum atomic E-state index is 12.5. The fourth-order valence-corrected chi connectivity index (χ4v) is 5.01. The summed E-state index contributed by atoms with van der Waals surface area (Å²) in [5.74, 6) is -1.08. The smallest absolute Gasteiger partial charge is 0.321 e. The third-order valence-electron chi connectivity index (χ3n) is 4.58. The molecule has 0 aliphatic carbocycles. The van der Waals surface area contributed by atoms with Crippen LogP contribution >= 0.6 is 11.3 Å². The number of thiophene rings is 1. The molecule has 2 N–H and O–H groups in total. The molecule has 0 aliphatic heterocycles. The third kappa shape index (κ3) is 5.76. The number of carbonyl (C=O) groups is 2. The topological polar surface area (TPSA) is 119 Å². The van der Waals surface area contributed by atoms with Crippen LogP contribution in [0.2, 0.25) is 0 Å². The number of hydrogen-bond acceptors (Lipinski definition) is 7. The molecule has 2 aromatic carbocycles. The van der Waals surface area contributed by atoms with Crippen LogP contribution in [0.1, 0.15) is 0 Å². The maximum Gasteiger partial charge on any atom is 0.321 e. The second-order valence-electron chi connectivity index (χ2n) is 6.99. The number of nitrogens with zero attached hydrogens (tertiary/aromatic N) is 2. The summed E-state index contributed by atoms with van der Waals surface area (Å²) in [6.45, 7) is -1.17. The van der Waals surface area contributed by atoms with Crippen molar-refractivity contribution in [3.8, 4) is 16.9 Å². The Morgan fingerprint density at radius 2 is 1.68 bits per heavy atom. The van der Waals surface area contributed by atoms with Crippen LogP contribution in [0, 0.1) is 0 Å². The zero-order valence-electron chi connectivity index (χ0n) is 17.7. The average Bonchev–Trinajstić information content (AvgIpc) is 3.54. The van der Waals surface area contributed by atoms with Gasteiger partial charge in [0.15, 0.2) is 6.61 Å². The molecular weight excluding hydrogens is 476 g/mol. The summed E-state index contributed by atoms with van der Waals surface area (Å²) < 4.78 is 32.9. The molecule has 0 bridgehead atoms. The molecule has 34 heavy (non-hydrogen) atoms. The summed E-state index contributed by atoms with van der Waals surface area (Å²) >= 11 is 1.03. The first-order valence-corrected chi connectivity index (χ1v) is 12.5. The number of carbonyl (C=O) groups excluding carboxylic acids is 2. The number of sulfonamides is 1. The summed E-state index contributed by atoms with van der Waals surface area (Å²) in [7, 11) is -3.80. The van der Waals surface area contributed by atoms with Crippen LogP contribution in [0.5, 0.6) is 0 Å². The number of aromatic nitrogens is 2. The van der Waals surface area contributed by atoms with Crippen LogP contribution in [-0.4, -0.2) is 43.2 Å². The third-order valence-corrected chi connectivity index (χ3v) is 7.38. The Bertz CT molecular complexity index is 1370. The monoisotopic (exact) mass is 496 g/mol. The Labute approximate surface area is 200 Å². The number of rotatable bonds is 9. The molecular formula is C23H20N4O5S2. The van der Waals surface area contributed by atoms with Gasteiger partial charge < -0.3 is 10.1 Å². The lowest BCUT2D eigenvalue weighted by atomic mass is 10.2. The standard InChI is InChI=1S/C23H20N4O5S2/c28-21(16-32-22(29)15-24-34(30,31)23-12-7-13-33-23)25-20-14-19(17-8-3-1-4-9-17)26-27(20)18-10-5-2-6-11-18/h1-14,24H,15-16H2,(H,25,28). The molecule has 11 heteroatoms. The Morgan fingerprint density at radius 3 is 2.35 bits per heavy atom. The number of esters is 1. The van der Waals surface area contributed by atoms with Gasteiger partial charge in [-0.2, -0.15) is 9.82 Å². The second kappa shape index (κ2) is 10.4. The molecule has 1 amide bonds. The van der Waals surface area contributed by atoms with E-state index in [0.29, 0.717) is 11.5 Å². The van der Waals surface area contributed by atoms with Crippen LogP contribution in [-0.2, 0) is 24.3 Å². The highest BCUT2D eigenvalue weighted by atomic mass is 32.2. The van der Waals surface area contributed by atoms with Crippen LogP contribution in [0.25, 0.3) is 16.9 Å². The molecule has 2 aromatic heterocycles. The van der Waals surface area contributed by atoms with Gasteiger partial charge >= 0.3 is 5.97 Å². The first-order valence-electron chi connectivity index (χ1n) is 10.1. The largest absolute Gasteiger partial charge is 0.455 e. The SMILES string of the molecule is O=C(COC(=O)CNS(=O)(=O)c1cccs1)Nc1cc(-c2ccccc2)nn1-c1ccccc1. The second-order valence-corrected chi connectivity index (χ2v) is 9.94. The normalized spacial score (nSPS) is 11.2. The van der Waals surface area contributed by atoms with E-state index in [9.17, 15) is 18.0 Å². The van der Waals surface area contributed by atoms with Crippen LogP contribution in [0.4, 0.5) is 5.82 Å². The van der Waals surface area contributed by atoms with E-state index in [1.807, 2.05) is 60.7 Å². The van der Waals surface area contributed by atoms with Gasteiger partial charge in [0.25, 0.3) is 15.9 Å². The average molecular weight is 497 g/mol. The first-order chi connectivity index (χ1) is 16.4. The van der Waals surface area contributed by atoms with E-state index in [1.54, 1.807) is 22.2 Å². The fraction of sp³-hybridized carbons (Fsp3) is 0.0870. The van der Waals surface area contributed by atoms with E-state index in [1.165, 1.54) is 6.07 Å². The summed E-state index contributed by atoms with van der Waals surface area (Å²) in [4.78, 5) is 24.4. The van der Waals surface area contributed by atoms with E-state index in [0.717, 1.165) is 22.6 Å². The predicted molar refractivity (Wildman–Crippen MR) is 128 cm³/mol. The van der Waals surface area contributed by atoms with Crippen molar-refractivity contribution >= 4 is 39.1 Å². The van der Waals surface area contributed by atoms with Gasteiger partial charge in [-0.3, -0.25) is 9.59 Å². The van der Waals surface area contributed by atoms with Crippen molar-refractivity contribution in [2.45, 2.75) is 4.21 Å². The molecule has 0 saturated heterocycles. The van der Waals surface area contributed by atoms with Gasteiger partial charge in [-0.1, -0.05) is 54.6 Å². The minimum atomic E-state index is -3.80. The highest BCUT2D eigenvalue weighted by molar-refractivity contribution is 7.91. The van der Waals surface area contributed by atoms with E-state index in [-0.39, 0.29) is 4.21 Å². The molecule has 0 saturated carbocycles. The molecule has 4 rings (SSSR count). The number of nitrogens with one attached hydrogen (secondary N) is 2. The van der Waals surface area contributed by atoms with Gasteiger partial charge in [0.05, 0.1) is 11.4 Å². The molecule has 174 valence electrons. The van der Waals surface area contributed by atoms with Crippen LogP contribution < -0.4 is 10.0 Å². The Balaban J connectivity index is 1.40. The summed E-state index contributed by atoms with van der Waals surface area (Å²) in [6, 6.07) is 23.5. The van der Waals surface area contributed by atoms with E-state index in [4.69, 9.17) is 4.74 Å². The highest BCUT2D eigenvalue weighted by Crippen LogP contribution is 2.24. The van der Waals surface area contributed by atoms with Crippen molar-refractivity contribution < 1.29 is 22.7 Å². The van der Waals surface area contributed by atoms with E-state index >= 15 is 0 Å². The fourth-order valence-electron chi connectivity index (χ4n) is 3.00. The Morgan fingerprint density at radius 1 is 0.971 bits per heavy atom. The highest BCUT2D eigenvalue weighted by Gasteiger charge is 2.18. The zero-order chi connectivity index (χ0) is 24.0. The molecule has 0 fully saturated rings. The van der Waals surface area contributed by atoms with Crippen molar-refractivity contribution in [2.24, 2.45) is 0 Å². The van der Waals surface area contributed by atoms with Crippen molar-refractivity contribution in [2.75, 3.05) is 18.5 Å². The molecule has 0 atom stereocenters. The minimum absolute atomic E-state index is 0.0847. The molecule has 4 aromatic rings. The first kappa shape index (κ1) is 23.4. The number of benzene rings is 2. The maximum absolute atomic E-state index is 12.5. The Kier molecular flexibility index (Phi) is 7.16. The minimum Gasteiger partial charge on any atom is -0.455 e. The molecule has 2 heterocycles. The lowest BCUT2D eigenvalue weighted by Crippen LogP contribution is -2.32. The number of hydrogen-bond donors (Lipinski definition) is 2. The lowest BCUT2D eigenvalue weighted by molar-refractivity contribution is -0.146. The summed E-state index contributed by atoms with van der Waals surface area (Å²) in [5, 5.41) is 8.91. The van der Waals surface area contributed by atoms with Crippen molar-refractivity contribution in [3.63, 3.8) is 0 Å². The number of amides is 1. The quantitative estimate of drug-likeness (QED) is 0.344. The molecule has 9 nitrogen and oxygen atoms in total. The molecule has 0 radical (unpaired) electrons. The molecule has 0 aliphatic rings. The van der Waals surface area contributed by atoms with Gasteiger partial charge in [0, 0.05) is 11.6 Å². The van der Waals surface area contributed by atoms with Gasteiger partial charge in [-0.05, 0) is 23.6 Å². The van der Waals surface area contributed by atoms with Gasteiger partial charge in [-0.25, -0.2) is 13.1 Å². The molecule has 0 spiro atoms. The van der Waals surface area contributed by atoms with Crippen LogP contribution in [0.15, 0.2) is 88.5 Å². The number of ether oxygens (including phenoxy) is 1. The van der Waals surface area contributed by atoms with E-state index < -0.39 is 35.1 Å². The van der Waals surface area contributed by atoms with Gasteiger partial charge in [-0.15, -0.1) is 11.3 Å². The van der Waals surface area contributed by atoms with Crippen molar-refractivity contribution in [1.82, 2.24) is 14.5 Å². The number of anilines is 1. The molecule has 0 unspecified atom stereocenters. The zero-order valence-corrected chi connectivity index (χ0v) is 19.4. The summed E-state index contributed by atoms with van der Waals surface area (Å²) in [6.07, 6.45) is 0.